The van der Waals surface area contributed by atoms with Crippen molar-refractivity contribution < 1.29 is 19.3 Å². The first kappa shape index (κ1) is 19.1. The molecule has 25 heavy (non-hydrogen) atoms. The largest absolute Gasteiger partial charge is 0.331 e. The van der Waals surface area contributed by atoms with Crippen LogP contribution in [0.15, 0.2) is 18.2 Å². The number of nitrogens with zero attached hydrogens (tertiary/aromatic N) is 1. The van der Waals surface area contributed by atoms with Gasteiger partial charge in [-0.2, -0.15) is 0 Å². The molecule has 0 bridgehead atoms. The molecule has 0 atom stereocenters. The summed E-state index contributed by atoms with van der Waals surface area (Å²) in [6.07, 6.45) is 0.599. The van der Waals surface area contributed by atoms with Crippen molar-refractivity contribution >= 4 is 23.3 Å². The lowest BCUT2D eigenvalue weighted by Crippen LogP contribution is -3.15. The topological polar surface area (TPSA) is 70.9 Å². The number of carbonyl (C=O) groups excluding carboxylic acids is 3. The highest BCUT2D eigenvalue weighted by molar-refractivity contribution is 5.93. The SMILES string of the molecule is CC(=O)CCC(=O)N1CC[NH+](CC(=O)Nc2c(C)cccc2C)CC1. The molecule has 0 unspecified atom stereocenters. The molecule has 2 rings (SSSR count). The Bertz CT molecular complexity index is 629. The molecule has 0 aromatic heterocycles. The third kappa shape index (κ3) is 5.67. The van der Waals surface area contributed by atoms with Crippen LogP contribution in [0.25, 0.3) is 0 Å². The standard InChI is InChI=1S/C19H27N3O3/c1-14-5-4-6-15(2)19(14)20-17(24)13-21-9-11-22(12-10-21)18(25)8-7-16(3)23/h4-6H,7-13H2,1-3H3,(H,20,24)/p+1. The maximum Gasteiger partial charge on any atom is 0.279 e. The van der Waals surface area contributed by atoms with Gasteiger partial charge in [-0.3, -0.25) is 9.59 Å². The molecule has 0 aliphatic carbocycles. The van der Waals surface area contributed by atoms with Crippen molar-refractivity contribution in [1.82, 2.24) is 4.90 Å². The second kappa shape index (κ2) is 8.76. The Kier molecular flexibility index (Phi) is 6.70. The van der Waals surface area contributed by atoms with Gasteiger partial charge < -0.3 is 19.9 Å². The first-order valence-corrected chi connectivity index (χ1v) is 8.83. The molecule has 1 heterocycles. The lowest BCUT2D eigenvalue weighted by molar-refractivity contribution is -0.895. The van der Waals surface area contributed by atoms with E-state index in [1.165, 1.54) is 11.8 Å². The summed E-state index contributed by atoms with van der Waals surface area (Å²) in [6.45, 7) is 8.68. The Hall–Kier alpha value is -2.21. The van der Waals surface area contributed by atoms with Gasteiger partial charge in [0.25, 0.3) is 5.91 Å². The van der Waals surface area contributed by atoms with E-state index in [0.29, 0.717) is 26.1 Å². The van der Waals surface area contributed by atoms with Crippen molar-refractivity contribution in [2.45, 2.75) is 33.6 Å². The first-order chi connectivity index (χ1) is 11.9. The van der Waals surface area contributed by atoms with E-state index in [0.717, 1.165) is 29.9 Å². The van der Waals surface area contributed by atoms with Crippen molar-refractivity contribution in [3.05, 3.63) is 29.3 Å². The number of Topliss-reactive ketones (excluding diaryl/α,β-unsaturated/α-hetero) is 1. The summed E-state index contributed by atoms with van der Waals surface area (Å²) in [6, 6.07) is 5.95. The molecule has 6 nitrogen and oxygen atoms in total. The summed E-state index contributed by atoms with van der Waals surface area (Å²) in [7, 11) is 0. The van der Waals surface area contributed by atoms with E-state index >= 15 is 0 Å². The minimum atomic E-state index is 0.00348. The van der Waals surface area contributed by atoms with Crippen molar-refractivity contribution in [2.24, 2.45) is 0 Å². The van der Waals surface area contributed by atoms with Gasteiger partial charge in [-0.15, -0.1) is 0 Å². The second-order valence-corrected chi connectivity index (χ2v) is 6.82. The van der Waals surface area contributed by atoms with Gasteiger partial charge in [0.05, 0.1) is 26.2 Å². The van der Waals surface area contributed by atoms with Crippen LogP contribution in [0.3, 0.4) is 0 Å². The van der Waals surface area contributed by atoms with Crippen LogP contribution in [0.2, 0.25) is 0 Å². The quantitative estimate of drug-likeness (QED) is 0.780. The van der Waals surface area contributed by atoms with Gasteiger partial charge in [0, 0.05) is 18.5 Å². The van der Waals surface area contributed by atoms with E-state index in [1.54, 1.807) is 4.90 Å². The molecule has 0 saturated carbocycles. The third-order valence-corrected chi connectivity index (χ3v) is 4.67. The van der Waals surface area contributed by atoms with E-state index in [4.69, 9.17) is 0 Å². The molecule has 2 N–H and O–H groups in total. The number of carbonyl (C=O) groups is 3. The smallest absolute Gasteiger partial charge is 0.279 e. The molecule has 1 aromatic carbocycles. The first-order valence-electron chi connectivity index (χ1n) is 8.83. The Balaban J connectivity index is 1.79. The molecular formula is C19H28N3O3+. The number of benzene rings is 1. The number of hydrogen-bond donors (Lipinski definition) is 2. The molecule has 1 fully saturated rings. The zero-order valence-electron chi connectivity index (χ0n) is 15.4. The van der Waals surface area contributed by atoms with Crippen LogP contribution in [-0.4, -0.2) is 55.2 Å². The molecule has 1 aliphatic heterocycles. The van der Waals surface area contributed by atoms with Gasteiger partial charge in [0.2, 0.25) is 5.91 Å². The van der Waals surface area contributed by atoms with E-state index in [1.807, 2.05) is 32.0 Å². The molecule has 0 spiro atoms. The monoisotopic (exact) mass is 346 g/mol. The predicted molar refractivity (Wildman–Crippen MR) is 96.6 cm³/mol. The number of aryl methyl sites for hydroxylation is 2. The Labute approximate surface area is 149 Å². The fourth-order valence-corrected chi connectivity index (χ4v) is 3.11. The highest BCUT2D eigenvalue weighted by Crippen LogP contribution is 2.18. The average Bonchev–Trinajstić information content (AvgIpc) is 2.57. The lowest BCUT2D eigenvalue weighted by atomic mass is 10.1. The molecule has 136 valence electrons. The summed E-state index contributed by atoms with van der Waals surface area (Å²) in [5.74, 6) is 0.0822. The summed E-state index contributed by atoms with van der Waals surface area (Å²) in [4.78, 5) is 38.3. The fraction of sp³-hybridized carbons (Fsp3) is 0.526. The Morgan fingerprint density at radius 2 is 1.68 bits per heavy atom. The van der Waals surface area contributed by atoms with E-state index in [2.05, 4.69) is 5.32 Å². The second-order valence-electron chi connectivity index (χ2n) is 6.82. The average molecular weight is 346 g/mol. The molecule has 2 amide bonds. The normalized spacial score (nSPS) is 15.1. The number of anilines is 1. The van der Waals surface area contributed by atoms with Crippen molar-refractivity contribution in [3.8, 4) is 0 Å². The van der Waals surface area contributed by atoms with Gasteiger partial charge in [-0.05, 0) is 31.9 Å². The van der Waals surface area contributed by atoms with Gasteiger partial charge >= 0.3 is 0 Å². The van der Waals surface area contributed by atoms with Crippen molar-refractivity contribution in [2.75, 3.05) is 38.0 Å². The minimum absolute atomic E-state index is 0.00348. The van der Waals surface area contributed by atoms with Crippen LogP contribution in [0.1, 0.15) is 30.9 Å². The van der Waals surface area contributed by atoms with Crippen LogP contribution >= 0.6 is 0 Å². The maximum absolute atomic E-state index is 12.3. The van der Waals surface area contributed by atoms with Crippen molar-refractivity contribution in [1.29, 1.82) is 0 Å². The van der Waals surface area contributed by atoms with Crippen LogP contribution < -0.4 is 10.2 Å². The lowest BCUT2D eigenvalue weighted by Gasteiger charge is -2.32. The van der Waals surface area contributed by atoms with Gasteiger partial charge in [-0.1, -0.05) is 18.2 Å². The maximum atomic E-state index is 12.3. The number of piperazine rings is 1. The van der Waals surface area contributed by atoms with Crippen LogP contribution in [0.5, 0.6) is 0 Å². The number of ketones is 1. The zero-order chi connectivity index (χ0) is 18.4. The van der Waals surface area contributed by atoms with Gasteiger partial charge in [0.15, 0.2) is 6.54 Å². The van der Waals surface area contributed by atoms with Crippen LogP contribution in [0, 0.1) is 13.8 Å². The number of rotatable bonds is 6. The van der Waals surface area contributed by atoms with Gasteiger partial charge in [0.1, 0.15) is 5.78 Å². The molecule has 6 heteroatoms. The van der Waals surface area contributed by atoms with Crippen LogP contribution in [-0.2, 0) is 14.4 Å². The molecule has 1 aliphatic rings. The van der Waals surface area contributed by atoms with Gasteiger partial charge in [-0.25, -0.2) is 0 Å². The third-order valence-electron chi connectivity index (χ3n) is 4.67. The number of nitrogens with one attached hydrogen (secondary N) is 2. The highest BCUT2D eigenvalue weighted by atomic mass is 16.2. The molecule has 1 saturated heterocycles. The number of para-hydroxylation sites is 1. The molecule has 0 radical (unpaired) electrons. The molecular weight excluding hydrogens is 318 g/mol. The Morgan fingerprint density at radius 1 is 1.08 bits per heavy atom. The van der Waals surface area contributed by atoms with Crippen LogP contribution in [0.4, 0.5) is 5.69 Å². The predicted octanol–water partition coefficient (Wildman–Crippen LogP) is 0.338. The van der Waals surface area contributed by atoms with Crippen molar-refractivity contribution in [3.63, 3.8) is 0 Å². The zero-order valence-corrected chi connectivity index (χ0v) is 15.4. The molecule has 1 aromatic rings. The highest BCUT2D eigenvalue weighted by Gasteiger charge is 2.25. The summed E-state index contributed by atoms with van der Waals surface area (Å²) >= 11 is 0. The summed E-state index contributed by atoms with van der Waals surface area (Å²) in [5, 5.41) is 3.01. The number of quaternary nitrogens is 1. The van der Waals surface area contributed by atoms with E-state index in [9.17, 15) is 14.4 Å². The summed E-state index contributed by atoms with van der Waals surface area (Å²) < 4.78 is 0. The summed E-state index contributed by atoms with van der Waals surface area (Å²) in [5.41, 5.74) is 3.01. The number of hydrogen-bond acceptors (Lipinski definition) is 3. The van der Waals surface area contributed by atoms with E-state index in [-0.39, 0.29) is 24.0 Å². The minimum Gasteiger partial charge on any atom is -0.331 e. The fourth-order valence-electron chi connectivity index (χ4n) is 3.11. The van der Waals surface area contributed by atoms with E-state index < -0.39 is 0 Å². The number of amides is 2. The Morgan fingerprint density at radius 3 is 2.24 bits per heavy atom.